The van der Waals surface area contributed by atoms with Gasteiger partial charge in [0.2, 0.25) is 0 Å². The van der Waals surface area contributed by atoms with Crippen molar-refractivity contribution in [1.29, 1.82) is 0 Å². The van der Waals surface area contributed by atoms with Crippen LogP contribution in [0.5, 0.6) is 5.75 Å². The van der Waals surface area contributed by atoms with E-state index in [0.717, 1.165) is 5.56 Å². The molecule has 0 spiro atoms. The minimum absolute atomic E-state index is 0.102. The number of nitrogens with one attached hydrogen (secondary N) is 1. The molecule has 1 aromatic carbocycles. The quantitative estimate of drug-likeness (QED) is 0.829. The lowest BCUT2D eigenvalue weighted by atomic mass is 9.89. The Hall–Kier alpha value is -1.55. The molecule has 0 heterocycles. The standard InChI is InChI=1S/C13H17NO3/c1-8-3-4-9(5-12(8)17-2)13(16)14-10-6-11(15)7-10/h3-5,10-11,15H,6-7H2,1-2H3,(H,14,16). The zero-order chi connectivity index (χ0) is 12.4. The molecule has 2 rings (SSSR count). The van der Waals surface area contributed by atoms with Gasteiger partial charge in [0, 0.05) is 11.6 Å². The molecule has 1 fully saturated rings. The highest BCUT2D eigenvalue weighted by Crippen LogP contribution is 2.22. The van der Waals surface area contributed by atoms with Crippen LogP contribution in [-0.4, -0.2) is 30.3 Å². The highest BCUT2D eigenvalue weighted by Gasteiger charge is 2.28. The summed E-state index contributed by atoms with van der Waals surface area (Å²) in [6.45, 7) is 1.93. The van der Waals surface area contributed by atoms with E-state index in [-0.39, 0.29) is 18.1 Å². The van der Waals surface area contributed by atoms with Crippen molar-refractivity contribution in [1.82, 2.24) is 5.32 Å². The van der Waals surface area contributed by atoms with Crippen molar-refractivity contribution < 1.29 is 14.6 Å². The molecule has 0 aliphatic heterocycles. The maximum absolute atomic E-state index is 11.9. The lowest BCUT2D eigenvalue weighted by Crippen LogP contribution is -2.46. The zero-order valence-electron chi connectivity index (χ0n) is 10.1. The fourth-order valence-electron chi connectivity index (χ4n) is 1.94. The molecular weight excluding hydrogens is 218 g/mol. The van der Waals surface area contributed by atoms with Gasteiger partial charge in [-0.05, 0) is 37.5 Å². The summed E-state index contributed by atoms with van der Waals surface area (Å²) in [5, 5.41) is 12.0. The summed E-state index contributed by atoms with van der Waals surface area (Å²) in [4.78, 5) is 11.9. The van der Waals surface area contributed by atoms with Gasteiger partial charge in [-0.15, -0.1) is 0 Å². The number of aliphatic hydroxyl groups excluding tert-OH is 1. The fraction of sp³-hybridized carbons (Fsp3) is 0.462. The number of ether oxygens (including phenoxy) is 1. The number of aliphatic hydroxyl groups is 1. The van der Waals surface area contributed by atoms with Gasteiger partial charge in [0.15, 0.2) is 0 Å². The van der Waals surface area contributed by atoms with Crippen LogP contribution in [0.2, 0.25) is 0 Å². The van der Waals surface area contributed by atoms with E-state index >= 15 is 0 Å². The summed E-state index contributed by atoms with van der Waals surface area (Å²) >= 11 is 0. The van der Waals surface area contributed by atoms with E-state index in [1.165, 1.54) is 0 Å². The number of methoxy groups -OCH3 is 1. The second kappa shape index (κ2) is 4.75. The monoisotopic (exact) mass is 235 g/mol. The first-order valence-corrected chi connectivity index (χ1v) is 5.73. The number of rotatable bonds is 3. The van der Waals surface area contributed by atoms with Crippen molar-refractivity contribution in [3.05, 3.63) is 29.3 Å². The maximum atomic E-state index is 11.9. The Morgan fingerprint density at radius 1 is 1.47 bits per heavy atom. The van der Waals surface area contributed by atoms with Gasteiger partial charge < -0.3 is 15.2 Å². The second-order valence-electron chi connectivity index (χ2n) is 4.48. The first-order chi connectivity index (χ1) is 8.10. The smallest absolute Gasteiger partial charge is 0.251 e. The van der Waals surface area contributed by atoms with E-state index in [2.05, 4.69) is 5.32 Å². The average molecular weight is 235 g/mol. The summed E-state index contributed by atoms with van der Waals surface area (Å²) in [7, 11) is 1.59. The molecule has 2 N–H and O–H groups in total. The van der Waals surface area contributed by atoms with Crippen LogP contribution in [0.1, 0.15) is 28.8 Å². The maximum Gasteiger partial charge on any atom is 0.251 e. The highest BCUT2D eigenvalue weighted by atomic mass is 16.5. The van der Waals surface area contributed by atoms with Crippen molar-refractivity contribution in [2.24, 2.45) is 0 Å². The molecule has 0 aromatic heterocycles. The third kappa shape index (κ3) is 2.58. The van der Waals surface area contributed by atoms with Gasteiger partial charge in [-0.25, -0.2) is 0 Å². The first kappa shape index (κ1) is 11.9. The lowest BCUT2D eigenvalue weighted by Gasteiger charge is -2.31. The van der Waals surface area contributed by atoms with Crippen molar-refractivity contribution in [2.75, 3.05) is 7.11 Å². The highest BCUT2D eigenvalue weighted by molar-refractivity contribution is 5.95. The summed E-state index contributed by atoms with van der Waals surface area (Å²) in [6, 6.07) is 5.48. The van der Waals surface area contributed by atoms with Crippen LogP contribution in [0.25, 0.3) is 0 Å². The van der Waals surface area contributed by atoms with E-state index in [1.54, 1.807) is 19.2 Å². The van der Waals surface area contributed by atoms with Gasteiger partial charge in [-0.3, -0.25) is 4.79 Å². The Morgan fingerprint density at radius 3 is 2.76 bits per heavy atom. The molecule has 17 heavy (non-hydrogen) atoms. The number of hydrogen-bond donors (Lipinski definition) is 2. The van der Waals surface area contributed by atoms with Crippen molar-refractivity contribution in [3.63, 3.8) is 0 Å². The second-order valence-corrected chi connectivity index (χ2v) is 4.48. The van der Waals surface area contributed by atoms with Crippen LogP contribution in [-0.2, 0) is 0 Å². The number of aryl methyl sites for hydroxylation is 1. The molecule has 4 nitrogen and oxygen atoms in total. The molecular formula is C13H17NO3. The predicted molar refractivity (Wildman–Crippen MR) is 64.2 cm³/mol. The van der Waals surface area contributed by atoms with Gasteiger partial charge in [0.1, 0.15) is 5.75 Å². The molecule has 0 radical (unpaired) electrons. The molecule has 92 valence electrons. The SMILES string of the molecule is COc1cc(C(=O)NC2CC(O)C2)ccc1C. The summed E-state index contributed by atoms with van der Waals surface area (Å²) in [5.41, 5.74) is 1.59. The molecule has 0 atom stereocenters. The average Bonchev–Trinajstić information content (AvgIpc) is 2.27. The number of hydrogen-bond acceptors (Lipinski definition) is 3. The van der Waals surface area contributed by atoms with Gasteiger partial charge in [-0.1, -0.05) is 6.07 Å². The molecule has 0 unspecified atom stereocenters. The number of amides is 1. The number of carbonyl (C=O) groups is 1. The Bertz CT molecular complexity index is 425. The van der Waals surface area contributed by atoms with E-state index in [0.29, 0.717) is 24.2 Å². The van der Waals surface area contributed by atoms with E-state index < -0.39 is 0 Å². The van der Waals surface area contributed by atoms with Crippen molar-refractivity contribution in [3.8, 4) is 5.75 Å². The molecule has 1 saturated carbocycles. The van der Waals surface area contributed by atoms with Crippen LogP contribution in [0.4, 0.5) is 0 Å². The minimum atomic E-state index is -0.257. The molecule has 1 aromatic rings. The lowest BCUT2D eigenvalue weighted by molar-refractivity contribution is 0.0562. The Balaban J connectivity index is 2.03. The van der Waals surface area contributed by atoms with Gasteiger partial charge in [-0.2, -0.15) is 0 Å². The zero-order valence-corrected chi connectivity index (χ0v) is 10.1. The first-order valence-electron chi connectivity index (χ1n) is 5.73. The summed E-state index contributed by atoms with van der Waals surface area (Å²) < 4.78 is 5.18. The molecule has 1 amide bonds. The molecule has 0 bridgehead atoms. The van der Waals surface area contributed by atoms with Crippen LogP contribution in [0.3, 0.4) is 0 Å². The van der Waals surface area contributed by atoms with Gasteiger partial charge in [0.25, 0.3) is 5.91 Å². The Kier molecular flexibility index (Phi) is 3.33. The van der Waals surface area contributed by atoms with Crippen LogP contribution < -0.4 is 10.1 Å². The van der Waals surface area contributed by atoms with Gasteiger partial charge in [0.05, 0.1) is 13.2 Å². The van der Waals surface area contributed by atoms with Crippen LogP contribution in [0.15, 0.2) is 18.2 Å². The minimum Gasteiger partial charge on any atom is -0.496 e. The predicted octanol–water partition coefficient (Wildman–Crippen LogP) is 1.26. The molecule has 0 saturated heterocycles. The van der Waals surface area contributed by atoms with Crippen molar-refractivity contribution >= 4 is 5.91 Å². The summed E-state index contributed by atoms with van der Waals surface area (Å²) in [6.07, 6.45) is 1.04. The molecule has 1 aliphatic rings. The Morgan fingerprint density at radius 2 is 2.18 bits per heavy atom. The van der Waals surface area contributed by atoms with E-state index in [1.807, 2.05) is 13.0 Å². The van der Waals surface area contributed by atoms with Gasteiger partial charge >= 0.3 is 0 Å². The number of carbonyl (C=O) groups excluding carboxylic acids is 1. The molecule has 1 aliphatic carbocycles. The summed E-state index contributed by atoms with van der Waals surface area (Å²) in [5.74, 6) is 0.603. The van der Waals surface area contributed by atoms with E-state index in [9.17, 15) is 4.79 Å². The van der Waals surface area contributed by atoms with Crippen LogP contribution in [0, 0.1) is 6.92 Å². The third-order valence-corrected chi connectivity index (χ3v) is 3.12. The largest absolute Gasteiger partial charge is 0.496 e. The topological polar surface area (TPSA) is 58.6 Å². The third-order valence-electron chi connectivity index (χ3n) is 3.12. The normalized spacial score (nSPS) is 22.8. The molecule has 4 heteroatoms. The number of benzene rings is 1. The van der Waals surface area contributed by atoms with Crippen molar-refractivity contribution in [2.45, 2.75) is 31.9 Å². The van der Waals surface area contributed by atoms with Crippen LogP contribution >= 0.6 is 0 Å². The van der Waals surface area contributed by atoms with E-state index in [4.69, 9.17) is 9.84 Å². The fourth-order valence-corrected chi connectivity index (χ4v) is 1.94. The Labute approximate surface area is 101 Å².